The normalized spacial score (nSPS) is 10.4. The first-order valence-corrected chi connectivity index (χ1v) is 11.0. The van der Waals surface area contributed by atoms with Gasteiger partial charge in [-0.25, -0.2) is 9.97 Å². The Bertz CT molecular complexity index is 1420. The Morgan fingerprint density at radius 2 is 1.94 bits per heavy atom. The Morgan fingerprint density at radius 3 is 2.69 bits per heavy atom. The van der Waals surface area contributed by atoms with Gasteiger partial charge in [0.2, 0.25) is 0 Å². The second-order valence-electron chi connectivity index (χ2n) is 7.91. The maximum absolute atomic E-state index is 12.4. The fraction of sp³-hybridized carbons (Fsp3) is 0.185. The third-order valence-corrected chi connectivity index (χ3v) is 5.29. The first kappa shape index (κ1) is 23.7. The first-order valence-electron chi connectivity index (χ1n) is 11.0. The van der Waals surface area contributed by atoms with E-state index in [9.17, 15) is 4.79 Å². The molecule has 35 heavy (non-hydrogen) atoms. The number of carbonyl (C=O) groups is 1. The molecule has 0 atom stereocenters. The topological polar surface area (TPSA) is 100 Å². The van der Waals surface area contributed by atoms with E-state index in [1.54, 1.807) is 19.3 Å². The zero-order valence-corrected chi connectivity index (χ0v) is 19.7. The summed E-state index contributed by atoms with van der Waals surface area (Å²) in [4.78, 5) is 26.8. The van der Waals surface area contributed by atoms with E-state index in [2.05, 4.69) is 32.1 Å². The van der Waals surface area contributed by atoms with Crippen LogP contribution in [0.25, 0.3) is 10.9 Å². The number of anilines is 3. The zero-order chi connectivity index (χ0) is 24.8. The van der Waals surface area contributed by atoms with Crippen molar-refractivity contribution in [2.45, 2.75) is 20.3 Å². The van der Waals surface area contributed by atoms with Crippen LogP contribution >= 0.6 is 0 Å². The number of hydrogen-bond donors (Lipinski definition) is 2. The third kappa shape index (κ3) is 5.72. The summed E-state index contributed by atoms with van der Waals surface area (Å²) in [7, 11) is 1.65. The molecule has 0 aliphatic rings. The van der Waals surface area contributed by atoms with E-state index in [0.717, 1.165) is 33.6 Å². The minimum Gasteiger partial charge on any atom is -0.455 e. The molecule has 2 aromatic heterocycles. The quantitative estimate of drug-likeness (QED) is 0.402. The van der Waals surface area contributed by atoms with Crippen LogP contribution in [-0.4, -0.2) is 39.6 Å². The van der Waals surface area contributed by atoms with Crippen molar-refractivity contribution in [2.24, 2.45) is 0 Å². The van der Waals surface area contributed by atoms with Crippen LogP contribution in [0.4, 0.5) is 17.2 Å². The van der Waals surface area contributed by atoms with Gasteiger partial charge >= 0.3 is 5.91 Å². The van der Waals surface area contributed by atoms with E-state index < -0.39 is 0 Å². The van der Waals surface area contributed by atoms with Crippen LogP contribution in [0.1, 0.15) is 17.7 Å². The molecule has 1 amide bonds. The number of nitrogens with zero attached hydrogens (tertiary/aromatic N) is 4. The van der Waals surface area contributed by atoms with Crippen molar-refractivity contribution in [2.75, 3.05) is 23.9 Å². The molecular weight excluding hydrogens is 442 g/mol. The number of ether oxygens (including phenoxy) is 1. The maximum Gasteiger partial charge on any atom is 0.302 e. The number of aliphatic hydroxyl groups is 1. The molecule has 0 radical (unpaired) electrons. The SMILES string of the molecule is Cc1ccc(Oc2ccc(Nc3ncnc4ccc(N(C)C(=O)C#CCCO)cc34)cc2C)cn1. The van der Waals surface area contributed by atoms with E-state index in [1.165, 1.54) is 11.2 Å². The lowest BCUT2D eigenvalue weighted by atomic mass is 10.1. The summed E-state index contributed by atoms with van der Waals surface area (Å²) >= 11 is 0. The van der Waals surface area contributed by atoms with Gasteiger partial charge in [-0.1, -0.05) is 5.92 Å². The minimum absolute atomic E-state index is 0.0813. The Hall–Kier alpha value is -4.48. The number of hydrogen-bond acceptors (Lipinski definition) is 7. The van der Waals surface area contributed by atoms with Crippen LogP contribution in [0.5, 0.6) is 11.5 Å². The summed E-state index contributed by atoms with van der Waals surface area (Å²) in [6.45, 7) is 3.82. The van der Waals surface area contributed by atoms with Gasteiger partial charge in [0.05, 0.1) is 18.3 Å². The standard InChI is InChI=1S/C27H25N5O3/c1-18-14-20(8-12-25(18)35-22-10-7-19(2)28-16-22)31-27-23-15-21(9-11-24(23)29-17-30-27)32(3)26(34)6-4-5-13-33/h7-12,14-17,33H,5,13H2,1-3H3,(H,29,30,31). The number of nitrogens with one attached hydrogen (secondary N) is 1. The lowest BCUT2D eigenvalue weighted by Gasteiger charge is -2.16. The second kappa shape index (κ2) is 10.6. The number of aryl methyl sites for hydroxylation is 2. The number of carbonyl (C=O) groups excluding carboxylic acids is 1. The summed E-state index contributed by atoms with van der Waals surface area (Å²) in [5.41, 5.74) is 4.11. The average Bonchev–Trinajstić information content (AvgIpc) is 2.86. The molecule has 4 aromatic rings. The molecule has 0 unspecified atom stereocenters. The van der Waals surface area contributed by atoms with Crippen molar-refractivity contribution in [3.8, 4) is 23.3 Å². The van der Waals surface area contributed by atoms with Crippen molar-refractivity contribution in [3.05, 3.63) is 72.3 Å². The Morgan fingerprint density at radius 1 is 1.09 bits per heavy atom. The van der Waals surface area contributed by atoms with E-state index in [1.807, 2.05) is 56.3 Å². The highest BCUT2D eigenvalue weighted by Gasteiger charge is 2.12. The molecule has 0 aliphatic carbocycles. The minimum atomic E-state index is -0.362. The van der Waals surface area contributed by atoms with Crippen molar-refractivity contribution >= 4 is 34.0 Å². The van der Waals surface area contributed by atoms with E-state index in [0.29, 0.717) is 17.3 Å². The van der Waals surface area contributed by atoms with Crippen LogP contribution < -0.4 is 15.0 Å². The molecule has 0 spiro atoms. The number of aliphatic hydroxyl groups excluding tert-OH is 1. The molecule has 0 aliphatic heterocycles. The van der Waals surface area contributed by atoms with Gasteiger partial charge < -0.3 is 20.1 Å². The fourth-order valence-corrected chi connectivity index (χ4v) is 3.37. The van der Waals surface area contributed by atoms with Crippen LogP contribution in [0, 0.1) is 25.7 Å². The number of fused-ring (bicyclic) bond motifs is 1. The Labute approximate surface area is 203 Å². The summed E-state index contributed by atoms with van der Waals surface area (Å²) in [6.07, 6.45) is 3.45. The highest BCUT2D eigenvalue weighted by atomic mass is 16.5. The molecule has 8 heteroatoms. The van der Waals surface area contributed by atoms with E-state index in [-0.39, 0.29) is 18.9 Å². The lowest BCUT2D eigenvalue weighted by Crippen LogP contribution is -2.24. The van der Waals surface area contributed by atoms with Gasteiger partial charge in [0.25, 0.3) is 0 Å². The van der Waals surface area contributed by atoms with Gasteiger partial charge in [-0.15, -0.1) is 0 Å². The molecule has 0 fully saturated rings. The molecule has 0 bridgehead atoms. The fourth-order valence-electron chi connectivity index (χ4n) is 3.37. The van der Waals surface area contributed by atoms with Gasteiger partial charge in [-0.3, -0.25) is 9.78 Å². The largest absolute Gasteiger partial charge is 0.455 e. The number of aromatic nitrogens is 3. The van der Waals surface area contributed by atoms with Crippen molar-refractivity contribution < 1.29 is 14.6 Å². The first-order chi connectivity index (χ1) is 16.9. The van der Waals surface area contributed by atoms with Crippen LogP contribution in [0.3, 0.4) is 0 Å². The monoisotopic (exact) mass is 467 g/mol. The molecule has 8 nitrogen and oxygen atoms in total. The van der Waals surface area contributed by atoms with Crippen LogP contribution in [0.15, 0.2) is 61.1 Å². The van der Waals surface area contributed by atoms with Crippen LogP contribution in [0.2, 0.25) is 0 Å². The van der Waals surface area contributed by atoms with Crippen molar-refractivity contribution in [1.82, 2.24) is 15.0 Å². The van der Waals surface area contributed by atoms with Gasteiger partial charge in [0.15, 0.2) is 0 Å². The second-order valence-corrected chi connectivity index (χ2v) is 7.91. The van der Waals surface area contributed by atoms with Gasteiger partial charge in [-0.05, 0) is 73.9 Å². The Balaban J connectivity index is 1.57. The number of rotatable bonds is 6. The average molecular weight is 468 g/mol. The molecule has 4 rings (SSSR count). The van der Waals surface area contributed by atoms with E-state index >= 15 is 0 Å². The Kier molecular flexibility index (Phi) is 7.19. The van der Waals surface area contributed by atoms with Crippen molar-refractivity contribution in [3.63, 3.8) is 0 Å². The predicted octanol–water partition coefficient (Wildman–Crippen LogP) is 4.53. The summed E-state index contributed by atoms with van der Waals surface area (Å²) in [5.74, 6) is 6.84. The number of amides is 1. The predicted molar refractivity (Wildman–Crippen MR) is 136 cm³/mol. The molecule has 176 valence electrons. The molecule has 0 saturated heterocycles. The molecule has 2 aromatic carbocycles. The molecular formula is C27H25N5O3. The smallest absolute Gasteiger partial charge is 0.302 e. The third-order valence-electron chi connectivity index (χ3n) is 5.29. The summed E-state index contributed by atoms with van der Waals surface area (Å²) in [6, 6.07) is 15.1. The molecule has 2 heterocycles. The van der Waals surface area contributed by atoms with Crippen molar-refractivity contribution in [1.29, 1.82) is 0 Å². The summed E-state index contributed by atoms with van der Waals surface area (Å²) < 4.78 is 5.96. The zero-order valence-electron chi connectivity index (χ0n) is 19.7. The van der Waals surface area contributed by atoms with E-state index in [4.69, 9.17) is 9.84 Å². The highest BCUT2D eigenvalue weighted by molar-refractivity contribution is 6.06. The van der Waals surface area contributed by atoms with Gasteiger partial charge in [-0.2, -0.15) is 0 Å². The van der Waals surface area contributed by atoms with Gasteiger partial charge in [0.1, 0.15) is 23.6 Å². The van der Waals surface area contributed by atoms with Crippen LogP contribution in [-0.2, 0) is 4.79 Å². The van der Waals surface area contributed by atoms with Gasteiger partial charge in [0, 0.05) is 35.9 Å². The lowest BCUT2D eigenvalue weighted by molar-refractivity contribution is -0.113. The molecule has 0 saturated carbocycles. The maximum atomic E-state index is 12.4. The highest BCUT2D eigenvalue weighted by Crippen LogP contribution is 2.30. The number of pyridine rings is 1. The summed E-state index contributed by atoms with van der Waals surface area (Å²) in [5, 5.41) is 13.0. The number of benzene rings is 2. The molecule has 2 N–H and O–H groups in total.